The lowest BCUT2D eigenvalue weighted by atomic mass is 10.2. The van der Waals surface area contributed by atoms with Crippen molar-refractivity contribution in [2.75, 3.05) is 20.3 Å². The summed E-state index contributed by atoms with van der Waals surface area (Å²) in [7, 11) is -2.39. The molecule has 2 N–H and O–H groups in total. The monoisotopic (exact) mass is 313 g/mol. The molecule has 1 aliphatic rings. The molecule has 1 saturated heterocycles. The summed E-state index contributed by atoms with van der Waals surface area (Å²) in [4.78, 5) is 10.5. The second-order valence-electron chi connectivity index (χ2n) is 4.44. The van der Waals surface area contributed by atoms with Crippen molar-refractivity contribution in [1.29, 1.82) is 0 Å². The van der Waals surface area contributed by atoms with Crippen LogP contribution >= 0.6 is 0 Å². The lowest BCUT2D eigenvalue weighted by molar-refractivity contribution is -0.131. The predicted octanol–water partition coefficient (Wildman–Crippen LogP) is 0.470. The molecule has 0 radical (unpaired) electrons. The van der Waals surface area contributed by atoms with Crippen LogP contribution in [0.2, 0.25) is 0 Å². The van der Waals surface area contributed by atoms with E-state index in [9.17, 15) is 13.2 Å². The molecule has 114 valence electrons. The van der Waals surface area contributed by atoms with Crippen molar-refractivity contribution in [3.8, 4) is 5.75 Å². The Morgan fingerprint density at radius 3 is 2.71 bits per heavy atom. The number of hydrogen-bond donors (Lipinski definition) is 2. The van der Waals surface area contributed by atoms with E-state index in [1.165, 1.54) is 25.3 Å². The van der Waals surface area contributed by atoms with Crippen LogP contribution in [0.15, 0.2) is 29.2 Å². The summed E-state index contributed by atoms with van der Waals surface area (Å²) in [5.74, 6) is -0.921. The maximum atomic E-state index is 12.3. The fourth-order valence-corrected chi connectivity index (χ4v) is 3.17. The Morgan fingerprint density at radius 2 is 2.19 bits per heavy atom. The Kier molecular flexibility index (Phi) is 4.61. The summed E-state index contributed by atoms with van der Waals surface area (Å²) in [6.45, 7) is 0.667. The smallest absolute Gasteiger partial charge is 0.328 e. The van der Waals surface area contributed by atoms with E-state index in [4.69, 9.17) is 14.6 Å². The van der Waals surface area contributed by atoms with E-state index in [-0.39, 0.29) is 16.7 Å². The predicted molar refractivity (Wildman–Crippen MR) is 74.6 cm³/mol. The summed E-state index contributed by atoms with van der Waals surface area (Å²) in [5, 5.41) is 8.61. The lowest BCUT2D eigenvalue weighted by Gasteiger charge is -2.26. The summed E-state index contributed by atoms with van der Waals surface area (Å²) in [6, 6.07) is 4.16. The summed E-state index contributed by atoms with van der Waals surface area (Å²) in [5.41, 5.74) is 0.448. The first kappa shape index (κ1) is 15.5. The van der Waals surface area contributed by atoms with Crippen molar-refractivity contribution in [3.05, 3.63) is 29.8 Å². The number of carboxylic acids is 1. The van der Waals surface area contributed by atoms with E-state index in [0.29, 0.717) is 18.8 Å². The molecule has 1 heterocycles. The molecule has 0 unspecified atom stereocenters. The van der Waals surface area contributed by atoms with Crippen LogP contribution in [0.1, 0.15) is 5.56 Å². The summed E-state index contributed by atoms with van der Waals surface area (Å²) < 4.78 is 37.1. The van der Waals surface area contributed by atoms with Crippen molar-refractivity contribution in [3.63, 3.8) is 0 Å². The van der Waals surface area contributed by atoms with E-state index in [1.807, 2.05) is 0 Å². The Balaban J connectivity index is 2.34. The second-order valence-corrected chi connectivity index (χ2v) is 6.12. The van der Waals surface area contributed by atoms with Gasteiger partial charge in [0.25, 0.3) is 0 Å². The molecule has 7 nitrogen and oxygen atoms in total. The highest BCUT2D eigenvalue weighted by molar-refractivity contribution is 7.89. The van der Waals surface area contributed by atoms with Crippen molar-refractivity contribution in [1.82, 2.24) is 4.72 Å². The number of aliphatic carboxylic acids is 1. The van der Waals surface area contributed by atoms with Crippen molar-refractivity contribution < 1.29 is 27.8 Å². The average Bonchev–Trinajstić information content (AvgIpc) is 2.40. The zero-order chi connectivity index (χ0) is 15.5. The highest BCUT2D eigenvalue weighted by Crippen LogP contribution is 2.26. The molecule has 0 spiro atoms. The molecule has 1 aliphatic heterocycles. The number of hydrogen-bond acceptors (Lipinski definition) is 5. The number of benzene rings is 1. The van der Waals surface area contributed by atoms with Gasteiger partial charge in [-0.05, 0) is 23.8 Å². The molecule has 0 aromatic heterocycles. The molecular weight excluding hydrogens is 298 g/mol. The molecule has 0 aliphatic carbocycles. The molecular formula is C13H15NO6S. The van der Waals surface area contributed by atoms with Gasteiger partial charge in [-0.2, -0.15) is 0 Å². The maximum Gasteiger partial charge on any atom is 0.328 e. The minimum absolute atomic E-state index is 0.0376. The number of ether oxygens (including phenoxy) is 2. The first-order chi connectivity index (χ1) is 9.92. The molecule has 21 heavy (non-hydrogen) atoms. The van der Waals surface area contributed by atoms with Crippen LogP contribution in [0.4, 0.5) is 0 Å². The normalized spacial score (nSPS) is 15.9. The van der Waals surface area contributed by atoms with Crippen molar-refractivity contribution in [2.45, 2.75) is 10.9 Å². The fourth-order valence-electron chi connectivity index (χ4n) is 1.76. The molecule has 8 heteroatoms. The number of nitrogens with one attached hydrogen (secondary N) is 1. The average molecular weight is 313 g/mol. The van der Waals surface area contributed by atoms with Crippen LogP contribution in [0.3, 0.4) is 0 Å². The van der Waals surface area contributed by atoms with E-state index in [0.717, 1.165) is 6.08 Å². The van der Waals surface area contributed by atoms with Crippen molar-refractivity contribution in [2.24, 2.45) is 0 Å². The van der Waals surface area contributed by atoms with Gasteiger partial charge in [-0.3, -0.25) is 0 Å². The molecule has 1 aromatic rings. The van der Waals surface area contributed by atoms with Gasteiger partial charge in [-0.25, -0.2) is 17.9 Å². The summed E-state index contributed by atoms with van der Waals surface area (Å²) in [6.07, 6.45) is 2.25. The van der Waals surface area contributed by atoms with Gasteiger partial charge in [0.2, 0.25) is 10.0 Å². The van der Waals surface area contributed by atoms with Gasteiger partial charge in [0.15, 0.2) is 0 Å². The minimum atomic E-state index is -3.76. The molecule has 2 rings (SSSR count). The van der Waals surface area contributed by atoms with Crippen LogP contribution in [0.5, 0.6) is 5.75 Å². The molecule has 0 atom stereocenters. The largest absolute Gasteiger partial charge is 0.495 e. The van der Waals surface area contributed by atoms with Crippen LogP contribution in [0.25, 0.3) is 6.08 Å². The zero-order valence-electron chi connectivity index (χ0n) is 11.3. The van der Waals surface area contributed by atoms with Gasteiger partial charge in [0.05, 0.1) is 26.4 Å². The van der Waals surface area contributed by atoms with Gasteiger partial charge in [-0.1, -0.05) is 6.07 Å². The topological polar surface area (TPSA) is 102 Å². The van der Waals surface area contributed by atoms with Crippen LogP contribution < -0.4 is 9.46 Å². The Morgan fingerprint density at radius 1 is 1.48 bits per heavy atom. The first-order valence-corrected chi connectivity index (χ1v) is 7.60. The third-order valence-corrected chi connectivity index (χ3v) is 4.40. The Hall–Kier alpha value is -1.90. The standard InChI is InChI=1S/C13H15NO6S/c1-19-11-4-2-9(3-5-13(15)16)6-12(11)21(17,18)14-10-7-20-8-10/h2-6,10,14H,7-8H2,1H3,(H,15,16)/b5-3+. The molecule has 0 amide bonds. The quantitative estimate of drug-likeness (QED) is 0.740. The second kappa shape index (κ2) is 6.25. The van der Waals surface area contributed by atoms with Crippen LogP contribution in [-0.4, -0.2) is 45.9 Å². The lowest BCUT2D eigenvalue weighted by Crippen LogP contribution is -2.48. The molecule has 0 saturated carbocycles. The highest BCUT2D eigenvalue weighted by Gasteiger charge is 2.27. The van der Waals surface area contributed by atoms with Gasteiger partial charge in [0, 0.05) is 6.08 Å². The third kappa shape index (κ3) is 3.81. The summed E-state index contributed by atoms with van der Waals surface area (Å²) >= 11 is 0. The Labute approximate surface area is 122 Å². The van der Waals surface area contributed by atoms with Gasteiger partial charge < -0.3 is 14.6 Å². The third-order valence-electron chi connectivity index (χ3n) is 2.86. The van der Waals surface area contributed by atoms with Gasteiger partial charge >= 0.3 is 5.97 Å². The van der Waals surface area contributed by atoms with Gasteiger partial charge in [0.1, 0.15) is 10.6 Å². The molecule has 0 bridgehead atoms. The fraction of sp³-hybridized carbons (Fsp3) is 0.308. The number of methoxy groups -OCH3 is 1. The number of carbonyl (C=O) groups is 1. The van der Waals surface area contributed by atoms with Crippen LogP contribution in [0, 0.1) is 0 Å². The Bertz CT molecular complexity index is 663. The van der Waals surface area contributed by atoms with E-state index in [1.54, 1.807) is 6.07 Å². The SMILES string of the molecule is COc1ccc(/C=C/C(=O)O)cc1S(=O)(=O)NC1COC1. The number of carboxylic acid groups (broad SMARTS) is 1. The van der Waals surface area contributed by atoms with E-state index >= 15 is 0 Å². The van der Waals surface area contributed by atoms with E-state index in [2.05, 4.69) is 4.72 Å². The van der Waals surface area contributed by atoms with Crippen LogP contribution in [-0.2, 0) is 19.6 Å². The minimum Gasteiger partial charge on any atom is -0.495 e. The van der Waals surface area contributed by atoms with Crippen molar-refractivity contribution >= 4 is 22.1 Å². The highest BCUT2D eigenvalue weighted by atomic mass is 32.2. The molecule has 1 fully saturated rings. The molecule has 1 aromatic carbocycles. The number of sulfonamides is 1. The first-order valence-electron chi connectivity index (χ1n) is 6.11. The zero-order valence-corrected chi connectivity index (χ0v) is 12.1. The van der Waals surface area contributed by atoms with Gasteiger partial charge in [-0.15, -0.1) is 0 Å². The number of rotatable bonds is 6. The maximum absolute atomic E-state index is 12.3. The van der Waals surface area contributed by atoms with E-state index < -0.39 is 16.0 Å².